The third-order valence-corrected chi connectivity index (χ3v) is 3.39. The van der Waals surface area contributed by atoms with E-state index in [0.717, 1.165) is 32.7 Å². The van der Waals surface area contributed by atoms with Crippen LogP contribution in [0.15, 0.2) is 0 Å². The van der Waals surface area contributed by atoms with E-state index in [1.165, 1.54) is 0 Å². The van der Waals surface area contributed by atoms with Crippen LogP contribution in [0, 0.1) is 5.92 Å². The van der Waals surface area contributed by atoms with E-state index < -0.39 is 0 Å². The largest absolute Gasteiger partial charge is 0.363 e. The van der Waals surface area contributed by atoms with Crippen LogP contribution in [-0.2, 0) is 9.53 Å². The highest BCUT2D eigenvalue weighted by Gasteiger charge is 2.36. The molecule has 0 saturated carbocycles. The monoisotopic (exact) mass is 241 g/mol. The van der Waals surface area contributed by atoms with Crippen LogP contribution in [0.5, 0.6) is 0 Å². The van der Waals surface area contributed by atoms with Crippen LogP contribution in [0.25, 0.3) is 0 Å². The molecule has 2 saturated heterocycles. The van der Waals surface area contributed by atoms with Gasteiger partial charge in [0.05, 0.1) is 6.10 Å². The van der Waals surface area contributed by atoms with Crippen molar-refractivity contribution in [3.8, 4) is 0 Å². The molecule has 0 aromatic heterocycles. The number of nitrogens with zero attached hydrogens (tertiary/aromatic N) is 1. The molecule has 2 atom stereocenters. The number of morpholine rings is 1. The Morgan fingerprint density at radius 3 is 2.88 bits per heavy atom. The van der Waals surface area contributed by atoms with Crippen LogP contribution in [0.4, 0.5) is 0 Å². The molecule has 0 radical (unpaired) electrons. The zero-order chi connectivity index (χ0) is 12.3. The minimum atomic E-state index is -0.279. The quantitative estimate of drug-likeness (QED) is 0.692. The first-order chi connectivity index (χ1) is 8.20. The molecule has 2 heterocycles. The summed E-state index contributed by atoms with van der Waals surface area (Å²) in [5, 5.41) is 6.54. The van der Waals surface area contributed by atoms with E-state index in [4.69, 9.17) is 4.74 Å². The Balaban J connectivity index is 1.71. The van der Waals surface area contributed by atoms with Crippen molar-refractivity contribution in [2.75, 3.05) is 39.3 Å². The number of likely N-dealkylation sites (tertiary alicyclic amines) is 1. The van der Waals surface area contributed by atoms with Crippen LogP contribution in [0.3, 0.4) is 0 Å². The molecule has 0 aromatic carbocycles. The maximum Gasteiger partial charge on any atom is 0.253 e. The zero-order valence-electron chi connectivity index (χ0n) is 10.7. The van der Waals surface area contributed by atoms with E-state index in [1.807, 2.05) is 11.8 Å². The lowest BCUT2D eigenvalue weighted by Gasteiger charge is -2.42. The lowest BCUT2D eigenvalue weighted by molar-refractivity contribution is -0.155. The van der Waals surface area contributed by atoms with Crippen molar-refractivity contribution in [2.45, 2.75) is 26.1 Å². The van der Waals surface area contributed by atoms with Gasteiger partial charge in [-0.25, -0.2) is 0 Å². The number of nitrogens with one attached hydrogen (secondary N) is 2. The second-order valence-electron chi connectivity index (χ2n) is 5.01. The molecule has 5 nitrogen and oxygen atoms in total. The van der Waals surface area contributed by atoms with Crippen molar-refractivity contribution >= 4 is 5.91 Å². The molecule has 0 unspecified atom stereocenters. The summed E-state index contributed by atoms with van der Waals surface area (Å²) in [5.74, 6) is 0.768. The predicted molar refractivity (Wildman–Crippen MR) is 65.8 cm³/mol. The number of carbonyl (C=O) groups is 1. The van der Waals surface area contributed by atoms with E-state index in [2.05, 4.69) is 17.6 Å². The third-order valence-electron chi connectivity index (χ3n) is 3.39. The molecule has 1 amide bonds. The molecule has 2 aliphatic heterocycles. The summed E-state index contributed by atoms with van der Waals surface area (Å²) in [6, 6.07) is 0. The summed E-state index contributed by atoms with van der Waals surface area (Å²) in [6.45, 7) is 9.35. The normalized spacial score (nSPS) is 30.1. The van der Waals surface area contributed by atoms with E-state index in [9.17, 15) is 4.79 Å². The first kappa shape index (κ1) is 12.8. The van der Waals surface area contributed by atoms with Gasteiger partial charge >= 0.3 is 0 Å². The van der Waals surface area contributed by atoms with Crippen LogP contribution < -0.4 is 10.6 Å². The highest BCUT2D eigenvalue weighted by molar-refractivity contribution is 5.82. The second kappa shape index (κ2) is 5.80. The van der Waals surface area contributed by atoms with Crippen LogP contribution in [-0.4, -0.2) is 62.3 Å². The van der Waals surface area contributed by atoms with Gasteiger partial charge in [0.2, 0.25) is 0 Å². The van der Waals surface area contributed by atoms with Gasteiger partial charge in [0.25, 0.3) is 5.91 Å². The average molecular weight is 241 g/mol. The third kappa shape index (κ3) is 3.18. The zero-order valence-corrected chi connectivity index (χ0v) is 10.7. The van der Waals surface area contributed by atoms with Gasteiger partial charge in [0.1, 0.15) is 6.10 Å². The Kier molecular flexibility index (Phi) is 4.36. The van der Waals surface area contributed by atoms with Gasteiger partial charge in [-0.2, -0.15) is 0 Å². The van der Waals surface area contributed by atoms with Crippen molar-refractivity contribution < 1.29 is 9.53 Å². The Morgan fingerprint density at radius 2 is 2.24 bits per heavy atom. The van der Waals surface area contributed by atoms with E-state index in [0.29, 0.717) is 12.5 Å². The molecule has 5 heteroatoms. The second-order valence-corrected chi connectivity index (χ2v) is 5.01. The summed E-state index contributed by atoms with van der Waals surface area (Å²) in [5.41, 5.74) is 0. The lowest BCUT2D eigenvalue weighted by atomic mass is 9.99. The van der Waals surface area contributed by atoms with E-state index in [-0.39, 0.29) is 18.1 Å². The SMILES string of the molecule is CCNCC1CN(C(=O)[C@H]2CNC[C@@H](C)O2)C1. The molecule has 0 bridgehead atoms. The van der Waals surface area contributed by atoms with Crippen LogP contribution in [0.2, 0.25) is 0 Å². The fraction of sp³-hybridized carbons (Fsp3) is 0.917. The van der Waals surface area contributed by atoms with Gasteiger partial charge in [-0.15, -0.1) is 0 Å². The van der Waals surface area contributed by atoms with Crippen molar-refractivity contribution in [3.05, 3.63) is 0 Å². The number of carbonyl (C=O) groups excluding carboxylic acids is 1. The highest BCUT2D eigenvalue weighted by Crippen LogP contribution is 2.17. The molecule has 0 aromatic rings. The number of rotatable bonds is 4. The smallest absolute Gasteiger partial charge is 0.253 e. The first-order valence-electron chi connectivity index (χ1n) is 6.56. The highest BCUT2D eigenvalue weighted by atomic mass is 16.5. The predicted octanol–water partition coefficient (Wildman–Crippen LogP) is -0.569. The summed E-state index contributed by atoms with van der Waals surface area (Å²) in [7, 11) is 0. The first-order valence-corrected chi connectivity index (χ1v) is 6.56. The molecule has 2 N–H and O–H groups in total. The van der Waals surface area contributed by atoms with Crippen molar-refractivity contribution in [1.82, 2.24) is 15.5 Å². The Hall–Kier alpha value is -0.650. The summed E-state index contributed by atoms with van der Waals surface area (Å²) in [4.78, 5) is 14.0. The standard InChI is InChI=1S/C12H23N3O2/c1-3-13-5-10-7-15(8-10)12(16)11-6-14-4-9(2)17-11/h9-11,13-14H,3-8H2,1-2H3/t9-,11-/m1/s1. The fourth-order valence-electron chi connectivity index (χ4n) is 2.37. The summed E-state index contributed by atoms with van der Waals surface area (Å²) in [6.07, 6.45) is -0.143. The van der Waals surface area contributed by atoms with E-state index in [1.54, 1.807) is 0 Å². The minimum absolute atomic E-state index is 0.136. The van der Waals surface area contributed by atoms with Crippen LogP contribution in [0.1, 0.15) is 13.8 Å². The van der Waals surface area contributed by atoms with Gasteiger partial charge < -0.3 is 20.3 Å². The molecule has 98 valence electrons. The van der Waals surface area contributed by atoms with Gasteiger partial charge in [-0.05, 0) is 13.5 Å². The molecular weight excluding hydrogens is 218 g/mol. The molecular formula is C12H23N3O2. The molecule has 2 rings (SSSR count). The van der Waals surface area contributed by atoms with Gasteiger partial charge in [0, 0.05) is 38.6 Å². The summed E-state index contributed by atoms with van der Waals surface area (Å²) >= 11 is 0. The van der Waals surface area contributed by atoms with Crippen molar-refractivity contribution in [1.29, 1.82) is 0 Å². The topological polar surface area (TPSA) is 53.6 Å². The summed E-state index contributed by atoms with van der Waals surface area (Å²) < 4.78 is 5.65. The lowest BCUT2D eigenvalue weighted by Crippen LogP contribution is -2.59. The van der Waals surface area contributed by atoms with Gasteiger partial charge in [-0.1, -0.05) is 6.92 Å². The average Bonchev–Trinajstić information content (AvgIpc) is 2.27. The Morgan fingerprint density at radius 1 is 1.47 bits per heavy atom. The minimum Gasteiger partial charge on any atom is -0.363 e. The Labute approximate surface area is 103 Å². The number of ether oxygens (including phenoxy) is 1. The molecule has 0 spiro atoms. The van der Waals surface area contributed by atoms with Crippen molar-refractivity contribution in [2.24, 2.45) is 5.92 Å². The maximum absolute atomic E-state index is 12.1. The fourth-order valence-corrected chi connectivity index (χ4v) is 2.37. The Bertz CT molecular complexity index is 266. The number of amides is 1. The van der Waals surface area contributed by atoms with Crippen molar-refractivity contribution in [3.63, 3.8) is 0 Å². The van der Waals surface area contributed by atoms with Gasteiger partial charge in [-0.3, -0.25) is 4.79 Å². The van der Waals surface area contributed by atoms with Gasteiger partial charge in [0.15, 0.2) is 0 Å². The number of hydrogen-bond donors (Lipinski definition) is 2. The molecule has 2 fully saturated rings. The van der Waals surface area contributed by atoms with Crippen LogP contribution >= 0.6 is 0 Å². The van der Waals surface area contributed by atoms with E-state index >= 15 is 0 Å². The molecule has 2 aliphatic rings. The maximum atomic E-state index is 12.1. The number of hydrogen-bond acceptors (Lipinski definition) is 4. The molecule has 0 aliphatic carbocycles. The molecule has 17 heavy (non-hydrogen) atoms.